The topological polar surface area (TPSA) is 130 Å². The van der Waals surface area contributed by atoms with Gasteiger partial charge in [0.25, 0.3) is 0 Å². The lowest BCUT2D eigenvalue weighted by Crippen LogP contribution is -2.25. The molecule has 45 heavy (non-hydrogen) atoms. The number of nitrogen functional groups attached to an aromatic ring is 2. The van der Waals surface area contributed by atoms with Crippen LogP contribution in [0.15, 0.2) is 99.9 Å². The minimum absolute atomic E-state index is 0.151. The lowest BCUT2D eigenvalue weighted by molar-refractivity contribution is -0.155. The zero-order valence-corrected chi connectivity index (χ0v) is 28.9. The van der Waals surface area contributed by atoms with Crippen LogP contribution < -0.4 is 11.5 Å². The molecule has 4 N–H and O–H groups in total. The van der Waals surface area contributed by atoms with Crippen LogP contribution in [0.2, 0.25) is 5.02 Å². The Morgan fingerprint density at radius 1 is 0.711 bits per heavy atom. The molecule has 11 heteroatoms. The Morgan fingerprint density at radius 2 is 1.16 bits per heavy atom. The standard InChI is InChI=1S/C17H20N2O2S.C11H14ClNO2.C6H7NS/c1-17(2,3)21-16(20)11-13-10-15(8-9-19-13)22-14-6-4-12(18)5-7-14;1-11(2,3)15-10(14)7-9-6-8(12)4-5-13-9;7-5-1-3-6(8)4-2-5/h4-10H,11,18H2,1-3H3;4-6H,7H2,1-3H3;1-4,8H,7H2. The molecule has 0 aliphatic heterocycles. The first-order valence-corrected chi connectivity index (χ1v) is 15.7. The summed E-state index contributed by atoms with van der Waals surface area (Å²) in [5, 5.41) is 0.573. The minimum Gasteiger partial charge on any atom is -0.460 e. The molecule has 0 atom stereocenters. The van der Waals surface area contributed by atoms with Gasteiger partial charge in [-0.1, -0.05) is 23.4 Å². The fourth-order valence-electron chi connectivity index (χ4n) is 3.36. The summed E-state index contributed by atoms with van der Waals surface area (Å²) in [7, 11) is 0. The number of hydrogen-bond donors (Lipinski definition) is 3. The molecule has 0 bridgehead atoms. The number of ether oxygens (including phenoxy) is 2. The molecule has 8 nitrogen and oxygen atoms in total. The van der Waals surface area contributed by atoms with Crippen molar-refractivity contribution in [2.24, 2.45) is 0 Å². The average Bonchev–Trinajstić information content (AvgIpc) is 2.90. The van der Waals surface area contributed by atoms with Gasteiger partial charge in [0.2, 0.25) is 0 Å². The summed E-state index contributed by atoms with van der Waals surface area (Å²) in [5.41, 5.74) is 13.0. The molecular weight excluding hydrogens is 628 g/mol. The van der Waals surface area contributed by atoms with Crippen LogP contribution in [0.5, 0.6) is 0 Å². The number of benzene rings is 2. The molecule has 0 aliphatic rings. The number of pyridine rings is 2. The van der Waals surface area contributed by atoms with E-state index in [4.69, 9.17) is 32.5 Å². The van der Waals surface area contributed by atoms with E-state index in [1.807, 2.05) is 102 Å². The second-order valence-electron chi connectivity index (χ2n) is 11.7. The number of aromatic nitrogens is 2. The second kappa shape index (κ2) is 17.7. The van der Waals surface area contributed by atoms with Gasteiger partial charge in [0.15, 0.2) is 0 Å². The summed E-state index contributed by atoms with van der Waals surface area (Å²) < 4.78 is 10.5. The highest BCUT2D eigenvalue weighted by Crippen LogP contribution is 2.28. The molecule has 0 spiro atoms. The van der Waals surface area contributed by atoms with Gasteiger partial charge in [0.05, 0.1) is 24.2 Å². The SMILES string of the molecule is CC(C)(C)OC(=O)Cc1cc(Cl)ccn1.CC(C)(C)OC(=O)Cc1cc(Sc2ccc(N)cc2)ccn1.Nc1ccc(S)cc1. The number of thiol groups is 1. The summed E-state index contributed by atoms with van der Waals surface area (Å²) in [6.07, 6.45) is 3.60. The highest BCUT2D eigenvalue weighted by molar-refractivity contribution is 7.99. The van der Waals surface area contributed by atoms with Crippen molar-refractivity contribution < 1.29 is 19.1 Å². The second-order valence-corrected chi connectivity index (χ2v) is 13.8. The third kappa shape index (κ3) is 17.4. The number of carbonyl (C=O) groups excluding carboxylic acids is 2. The van der Waals surface area contributed by atoms with Crippen LogP contribution in [-0.2, 0) is 31.9 Å². The van der Waals surface area contributed by atoms with E-state index in [1.165, 1.54) is 0 Å². The van der Waals surface area contributed by atoms with Gasteiger partial charge in [-0.2, -0.15) is 0 Å². The number of carbonyl (C=O) groups is 2. The molecular formula is C34H41ClN4O4S2. The first-order valence-electron chi connectivity index (χ1n) is 14.0. The van der Waals surface area contributed by atoms with Crippen molar-refractivity contribution in [1.82, 2.24) is 9.97 Å². The van der Waals surface area contributed by atoms with Crippen LogP contribution in [0, 0.1) is 0 Å². The van der Waals surface area contributed by atoms with E-state index in [9.17, 15) is 9.59 Å². The zero-order chi connectivity index (χ0) is 33.6. The van der Waals surface area contributed by atoms with Gasteiger partial charge in [-0.05, 0) is 114 Å². The molecule has 0 amide bonds. The van der Waals surface area contributed by atoms with Crippen molar-refractivity contribution in [3.05, 3.63) is 102 Å². The Hall–Kier alpha value is -3.73. The number of anilines is 2. The molecule has 0 saturated heterocycles. The van der Waals surface area contributed by atoms with Crippen molar-refractivity contribution in [3.8, 4) is 0 Å². The van der Waals surface area contributed by atoms with Gasteiger partial charge in [-0.25, -0.2) is 0 Å². The van der Waals surface area contributed by atoms with Crippen LogP contribution in [0.4, 0.5) is 11.4 Å². The lowest BCUT2D eigenvalue weighted by atomic mass is 10.2. The molecule has 0 fully saturated rings. The van der Waals surface area contributed by atoms with Crippen LogP contribution >= 0.6 is 36.0 Å². The predicted molar refractivity (Wildman–Crippen MR) is 186 cm³/mol. The van der Waals surface area contributed by atoms with Gasteiger partial charge < -0.3 is 20.9 Å². The maximum absolute atomic E-state index is 11.9. The highest BCUT2D eigenvalue weighted by Gasteiger charge is 2.18. The molecule has 4 aromatic rings. The fraction of sp³-hybridized carbons (Fsp3) is 0.294. The third-order valence-corrected chi connectivity index (χ3v) is 6.60. The Balaban J connectivity index is 0.000000263. The number of hydrogen-bond acceptors (Lipinski definition) is 10. The Labute approximate surface area is 280 Å². The van der Waals surface area contributed by atoms with Gasteiger partial charge in [-0.3, -0.25) is 19.6 Å². The van der Waals surface area contributed by atoms with E-state index in [0.717, 1.165) is 26.1 Å². The first-order chi connectivity index (χ1) is 21.0. The molecule has 2 heterocycles. The van der Waals surface area contributed by atoms with E-state index in [1.54, 1.807) is 36.3 Å². The smallest absolute Gasteiger partial charge is 0.312 e. The summed E-state index contributed by atoms with van der Waals surface area (Å²) in [6, 6.07) is 22.2. The molecule has 2 aromatic carbocycles. The van der Waals surface area contributed by atoms with E-state index in [0.29, 0.717) is 16.4 Å². The van der Waals surface area contributed by atoms with Crippen molar-refractivity contribution in [1.29, 1.82) is 0 Å². The maximum atomic E-state index is 11.9. The third-order valence-electron chi connectivity index (χ3n) is 5.07. The molecule has 0 unspecified atom stereocenters. The summed E-state index contributed by atoms with van der Waals surface area (Å²) in [4.78, 5) is 34.6. The molecule has 0 aliphatic carbocycles. The van der Waals surface area contributed by atoms with Crippen molar-refractivity contribution >= 4 is 59.3 Å². The molecule has 0 radical (unpaired) electrons. The zero-order valence-electron chi connectivity index (χ0n) is 26.4. The number of nitrogens with zero attached hydrogens (tertiary/aromatic N) is 2. The van der Waals surface area contributed by atoms with E-state index < -0.39 is 11.2 Å². The van der Waals surface area contributed by atoms with Gasteiger partial charge >= 0.3 is 11.9 Å². The lowest BCUT2D eigenvalue weighted by Gasteiger charge is -2.19. The normalized spacial score (nSPS) is 10.8. The molecule has 2 aromatic heterocycles. The summed E-state index contributed by atoms with van der Waals surface area (Å²) in [5.74, 6) is -0.563. The van der Waals surface area contributed by atoms with Gasteiger partial charge in [-0.15, -0.1) is 12.6 Å². The van der Waals surface area contributed by atoms with Crippen molar-refractivity contribution in [3.63, 3.8) is 0 Å². The first kappa shape index (κ1) is 37.5. The predicted octanol–water partition coefficient (Wildman–Crippen LogP) is 7.88. The van der Waals surface area contributed by atoms with Crippen LogP contribution in [0.1, 0.15) is 52.9 Å². The largest absolute Gasteiger partial charge is 0.460 e. The number of esters is 2. The summed E-state index contributed by atoms with van der Waals surface area (Å²) in [6.45, 7) is 11.0. The Kier molecular flexibility index (Phi) is 14.7. The van der Waals surface area contributed by atoms with E-state index >= 15 is 0 Å². The van der Waals surface area contributed by atoms with Crippen LogP contribution in [-0.4, -0.2) is 33.1 Å². The highest BCUT2D eigenvalue weighted by atomic mass is 35.5. The molecule has 4 rings (SSSR count). The van der Waals surface area contributed by atoms with Gasteiger partial charge in [0.1, 0.15) is 11.2 Å². The van der Waals surface area contributed by atoms with Crippen molar-refractivity contribution in [2.45, 2.75) is 80.3 Å². The van der Waals surface area contributed by atoms with Crippen LogP contribution in [0.3, 0.4) is 0 Å². The van der Waals surface area contributed by atoms with Gasteiger partial charge in [0, 0.05) is 43.5 Å². The fourth-order valence-corrected chi connectivity index (χ4v) is 4.56. The van der Waals surface area contributed by atoms with E-state index in [2.05, 4.69) is 22.6 Å². The number of halogens is 1. The van der Waals surface area contributed by atoms with Crippen molar-refractivity contribution in [2.75, 3.05) is 11.5 Å². The average molecular weight is 669 g/mol. The quantitative estimate of drug-likeness (QED) is 0.107. The molecule has 0 saturated carbocycles. The Bertz CT molecular complexity index is 1500. The monoisotopic (exact) mass is 668 g/mol. The minimum atomic E-state index is -0.479. The molecule has 240 valence electrons. The number of nitrogens with two attached hydrogens (primary N) is 2. The van der Waals surface area contributed by atoms with E-state index in [-0.39, 0.29) is 24.8 Å². The van der Waals surface area contributed by atoms with Crippen LogP contribution in [0.25, 0.3) is 0 Å². The Morgan fingerprint density at radius 3 is 1.60 bits per heavy atom. The maximum Gasteiger partial charge on any atom is 0.312 e. The number of rotatable bonds is 6. The summed E-state index contributed by atoms with van der Waals surface area (Å²) >= 11 is 11.4.